The first-order chi connectivity index (χ1) is 13.3. The maximum Gasteiger partial charge on any atom is 0.338 e. The molecule has 3 aromatic rings. The van der Waals surface area contributed by atoms with Crippen LogP contribution < -0.4 is 11.2 Å². The third-order valence-corrected chi connectivity index (χ3v) is 4.77. The number of ether oxygens (including phenoxy) is 1. The van der Waals surface area contributed by atoms with Crippen LogP contribution in [0.4, 0.5) is 0 Å². The smallest absolute Gasteiger partial charge is 0.338 e. The number of imidazole rings is 1. The van der Waals surface area contributed by atoms with E-state index in [0.717, 1.165) is 10.1 Å². The van der Waals surface area contributed by atoms with E-state index in [0.29, 0.717) is 29.1 Å². The molecule has 0 N–H and O–H groups in total. The van der Waals surface area contributed by atoms with Crippen LogP contribution in [-0.4, -0.2) is 31.3 Å². The fourth-order valence-electron chi connectivity index (χ4n) is 3.07. The number of benzene rings is 1. The first-order valence-electron chi connectivity index (χ1n) is 9.19. The molecule has 2 heterocycles. The highest BCUT2D eigenvalue weighted by atomic mass is 16.5. The van der Waals surface area contributed by atoms with Gasteiger partial charge in [-0.3, -0.25) is 13.9 Å². The van der Waals surface area contributed by atoms with Gasteiger partial charge in [-0.15, -0.1) is 0 Å². The summed E-state index contributed by atoms with van der Waals surface area (Å²) >= 11 is 0. The largest absolute Gasteiger partial charge is 0.462 e. The Balaban J connectivity index is 1.65. The average molecular weight is 384 g/mol. The zero-order valence-electron chi connectivity index (χ0n) is 16.5. The summed E-state index contributed by atoms with van der Waals surface area (Å²) in [6.07, 6.45) is 1.86. The Bertz CT molecular complexity index is 1120. The van der Waals surface area contributed by atoms with Gasteiger partial charge in [0, 0.05) is 20.6 Å². The van der Waals surface area contributed by atoms with Crippen molar-refractivity contribution >= 4 is 17.1 Å². The molecule has 0 amide bonds. The lowest BCUT2D eigenvalue weighted by Crippen LogP contribution is -2.39. The molecule has 0 saturated carbocycles. The Morgan fingerprint density at radius 2 is 1.82 bits per heavy atom. The van der Waals surface area contributed by atoms with Crippen molar-refractivity contribution in [2.75, 3.05) is 6.61 Å². The van der Waals surface area contributed by atoms with Gasteiger partial charge in [0.1, 0.15) is 0 Å². The molecule has 0 spiro atoms. The lowest BCUT2D eigenvalue weighted by molar-refractivity contribution is 0.0495. The lowest BCUT2D eigenvalue weighted by Gasteiger charge is -2.10. The highest BCUT2D eigenvalue weighted by Gasteiger charge is 2.15. The van der Waals surface area contributed by atoms with Crippen LogP contribution in [0.1, 0.15) is 42.1 Å². The summed E-state index contributed by atoms with van der Waals surface area (Å²) in [5.41, 5.74) is 1.51. The third-order valence-electron chi connectivity index (χ3n) is 4.77. The Morgan fingerprint density at radius 3 is 2.46 bits per heavy atom. The quantitative estimate of drug-likeness (QED) is 0.478. The maximum atomic E-state index is 12.6. The van der Waals surface area contributed by atoms with Gasteiger partial charge in [0.15, 0.2) is 11.2 Å². The van der Waals surface area contributed by atoms with Crippen molar-refractivity contribution in [2.24, 2.45) is 14.1 Å². The zero-order valence-corrected chi connectivity index (χ0v) is 16.5. The van der Waals surface area contributed by atoms with Gasteiger partial charge in [-0.1, -0.05) is 26.0 Å². The fraction of sp³-hybridized carbons (Fsp3) is 0.400. The first kappa shape index (κ1) is 19.6. The van der Waals surface area contributed by atoms with Gasteiger partial charge in [-0.25, -0.2) is 14.6 Å². The van der Waals surface area contributed by atoms with E-state index < -0.39 is 17.2 Å². The number of rotatable bonds is 6. The Labute approximate surface area is 162 Å². The van der Waals surface area contributed by atoms with Crippen molar-refractivity contribution < 1.29 is 9.53 Å². The van der Waals surface area contributed by atoms with Crippen LogP contribution in [0.25, 0.3) is 11.2 Å². The van der Waals surface area contributed by atoms with Gasteiger partial charge in [0.2, 0.25) is 0 Å². The van der Waals surface area contributed by atoms with Crippen LogP contribution in [0.3, 0.4) is 0 Å². The molecule has 0 saturated heterocycles. The Hall–Kier alpha value is -3.16. The molecule has 0 unspecified atom stereocenters. The second kappa shape index (κ2) is 7.84. The Morgan fingerprint density at radius 1 is 1.14 bits per heavy atom. The van der Waals surface area contributed by atoms with Crippen molar-refractivity contribution in [1.82, 2.24) is 18.7 Å². The van der Waals surface area contributed by atoms with Crippen LogP contribution in [0, 0.1) is 0 Å². The predicted molar refractivity (Wildman–Crippen MR) is 106 cm³/mol. The topological polar surface area (TPSA) is 88.1 Å². The molecule has 0 fully saturated rings. The molecule has 148 valence electrons. The first-order valence-corrected chi connectivity index (χ1v) is 9.19. The summed E-state index contributed by atoms with van der Waals surface area (Å²) in [6, 6.07) is 7.31. The number of fused-ring (bicyclic) bond motifs is 1. The normalized spacial score (nSPS) is 11.3. The van der Waals surface area contributed by atoms with Crippen molar-refractivity contribution in [1.29, 1.82) is 0 Å². The molecule has 0 atom stereocenters. The van der Waals surface area contributed by atoms with E-state index >= 15 is 0 Å². The highest BCUT2D eigenvalue weighted by Crippen LogP contribution is 2.15. The van der Waals surface area contributed by atoms with Crippen LogP contribution in [0.15, 0.2) is 40.2 Å². The summed E-state index contributed by atoms with van der Waals surface area (Å²) in [5.74, 6) is -0.0274. The number of aromatic nitrogens is 4. The number of hydrogen-bond donors (Lipinski definition) is 0. The van der Waals surface area contributed by atoms with Crippen molar-refractivity contribution in [2.45, 2.75) is 32.7 Å². The third kappa shape index (κ3) is 3.62. The monoisotopic (exact) mass is 384 g/mol. The van der Waals surface area contributed by atoms with Crippen molar-refractivity contribution in [3.63, 3.8) is 0 Å². The number of nitrogens with zero attached hydrogens (tertiary/aromatic N) is 4. The molecule has 1 aromatic carbocycles. The number of hydrogen-bond acceptors (Lipinski definition) is 5. The van der Waals surface area contributed by atoms with E-state index in [1.54, 1.807) is 30.8 Å². The SMILES string of the molecule is CC(C)c1ccc(C(=O)OCCCn2c(=O)c3c(ncn3C)n(C)c2=O)cc1. The molecule has 0 aliphatic carbocycles. The van der Waals surface area contributed by atoms with E-state index in [1.165, 1.54) is 10.9 Å². The Kier molecular flexibility index (Phi) is 5.48. The van der Waals surface area contributed by atoms with Crippen LogP contribution in [-0.2, 0) is 25.4 Å². The van der Waals surface area contributed by atoms with Crippen molar-refractivity contribution in [3.8, 4) is 0 Å². The van der Waals surface area contributed by atoms with Gasteiger partial charge in [-0.05, 0) is 30.0 Å². The molecule has 0 radical (unpaired) electrons. The van der Waals surface area contributed by atoms with Gasteiger partial charge in [-0.2, -0.15) is 0 Å². The summed E-state index contributed by atoms with van der Waals surface area (Å²) in [4.78, 5) is 41.3. The average Bonchev–Trinajstić information content (AvgIpc) is 3.07. The van der Waals surface area contributed by atoms with Gasteiger partial charge in [0.25, 0.3) is 5.56 Å². The van der Waals surface area contributed by atoms with Crippen LogP contribution in [0.5, 0.6) is 0 Å². The standard InChI is InChI=1S/C20H24N4O4/c1-13(2)14-6-8-15(9-7-14)19(26)28-11-5-10-24-18(25)16-17(21-12-22(16)3)23(4)20(24)27/h6-9,12-13H,5,10-11H2,1-4H3. The molecular weight excluding hydrogens is 360 g/mol. The summed E-state index contributed by atoms with van der Waals surface area (Å²) in [6.45, 7) is 4.45. The molecule has 2 aromatic heterocycles. The minimum absolute atomic E-state index is 0.115. The van der Waals surface area contributed by atoms with E-state index in [4.69, 9.17) is 4.74 Å². The maximum absolute atomic E-state index is 12.6. The van der Waals surface area contributed by atoms with Gasteiger partial charge < -0.3 is 9.30 Å². The summed E-state index contributed by atoms with van der Waals surface area (Å²) < 4.78 is 9.36. The van der Waals surface area contributed by atoms with Crippen LogP contribution >= 0.6 is 0 Å². The highest BCUT2D eigenvalue weighted by molar-refractivity contribution is 5.89. The molecule has 0 aliphatic rings. The second-order valence-corrected chi connectivity index (χ2v) is 7.09. The van der Waals surface area contributed by atoms with E-state index in [1.807, 2.05) is 12.1 Å². The van der Waals surface area contributed by atoms with Crippen LogP contribution in [0.2, 0.25) is 0 Å². The number of carbonyl (C=O) groups excluding carboxylic acids is 1. The molecule has 3 rings (SSSR count). The molecular formula is C20H24N4O4. The van der Waals surface area contributed by atoms with E-state index in [9.17, 15) is 14.4 Å². The summed E-state index contributed by atoms with van der Waals surface area (Å²) in [5, 5.41) is 0. The minimum Gasteiger partial charge on any atom is -0.462 e. The predicted octanol–water partition coefficient (Wildman–Crippen LogP) is 1.80. The van der Waals surface area contributed by atoms with E-state index in [-0.39, 0.29) is 13.2 Å². The minimum atomic E-state index is -0.438. The molecule has 8 nitrogen and oxygen atoms in total. The van der Waals surface area contributed by atoms with Gasteiger partial charge >= 0.3 is 11.7 Å². The fourth-order valence-corrected chi connectivity index (χ4v) is 3.07. The number of carbonyl (C=O) groups is 1. The zero-order chi connectivity index (χ0) is 20.4. The molecule has 8 heteroatoms. The molecule has 28 heavy (non-hydrogen) atoms. The van der Waals surface area contributed by atoms with E-state index in [2.05, 4.69) is 18.8 Å². The molecule has 0 bridgehead atoms. The van der Waals surface area contributed by atoms with Crippen molar-refractivity contribution in [3.05, 3.63) is 62.6 Å². The number of aryl methyl sites for hydroxylation is 2. The summed E-state index contributed by atoms with van der Waals surface area (Å²) in [7, 11) is 3.28. The number of esters is 1. The second-order valence-electron chi connectivity index (χ2n) is 7.09. The lowest BCUT2D eigenvalue weighted by atomic mass is 10.0. The molecule has 0 aliphatic heterocycles. The van der Waals surface area contributed by atoms with Gasteiger partial charge in [0.05, 0.1) is 18.5 Å².